The third kappa shape index (κ3) is 32.6. The lowest BCUT2D eigenvalue weighted by molar-refractivity contribution is -0.388. The van der Waals surface area contributed by atoms with Crippen molar-refractivity contribution in [2.75, 3.05) is 46.8 Å². The van der Waals surface area contributed by atoms with Gasteiger partial charge in [0, 0.05) is 96.9 Å². The molecule has 5 saturated heterocycles. The van der Waals surface area contributed by atoms with E-state index in [-0.39, 0.29) is 11.1 Å². The van der Waals surface area contributed by atoms with Crippen molar-refractivity contribution in [1.29, 1.82) is 5.41 Å². The molecule has 26 atom stereocenters. The summed E-state index contributed by atoms with van der Waals surface area (Å²) in [7, 11) is 0.715. The Morgan fingerprint density at radius 2 is 0.763 bits per heavy atom. The molecule has 0 saturated carbocycles. The number of hydrogen-bond acceptors (Lipinski definition) is 47. The Balaban J connectivity index is 1.48. The van der Waals surface area contributed by atoms with Crippen LogP contribution in [0.4, 0.5) is 0 Å². The van der Waals surface area contributed by atoms with Crippen LogP contribution < -0.4 is 10.6 Å². The van der Waals surface area contributed by atoms with Crippen LogP contribution in [0.2, 0.25) is 0 Å². The second kappa shape index (κ2) is 51.5. The van der Waals surface area contributed by atoms with E-state index in [0.29, 0.717) is 7.11 Å². The first kappa shape index (κ1) is 112. The molecule has 139 heavy (non-hydrogen) atoms. The number of carbonyl (C=O) groups is 19. The van der Waals surface area contributed by atoms with Crippen LogP contribution in [0.5, 0.6) is 0 Å². The molecule has 2 amide bonds. The van der Waals surface area contributed by atoms with Crippen LogP contribution in [0.25, 0.3) is 0 Å². The van der Waals surface area contributed by atoms with Gasteiger partial charge in [0.25, 0.3) is 15.5 Å². The molecular formula is C87H102Cl3N3O46. The van der Waals surface area contributed by atoms with Crippen LogP contribution in [-0.4, -0.2) is 329 Å². The third-order valence-corrected chi connectivity index (χ3v) is 20.6. The summed E-state index contributed by atoms with van der Waals surface area (Å²) in [6, 6.07) is 15.6. The number of carbonyl (C=O) groups excluding carboxylic acids is 19. The highest BCUT2D eigenvalue weighted by Gasteiger charge is 2.67. The average molecular weight is 2030 g/mol. The highest BCUT2D eigenvalue weighted by molar-refractivity contribution is 6.76. The molecular weight excluding hydrogens is 1930 g/mol. The molecule has 5 fully saturated rings. The first-order chi connectivity index (χ1) is 65.5. The van der Waals surface area contributed by atoms with E-state index in [4.69, 9.17) is 168 Å². The minimum absolute atomic E-state index is 0.181. The summed E-state index contributed by atoms with van der Waals surface area (Å²) in [5, 5.41) is 13.5. The highest BCUT2D eigenvalue weighted by Crippen LogP contribution is 2.45. The molecule has 5 aliphatic rings. The Labute approximate surface area is 806 Å². The molecule has 762 valence electrons. The molecule has 0 aliphatic carbocycles. The molecule has 3 aromatic rings. The van der Waals surface area contributed by atoms with E-state index < -0.39 is 334 Å². The maximum absolute atomic E-state index is 16.0. The Kier molecular flexibility index (Phi) is 41.4. The van der Waals surface area contributed by atoms with Crippen molar-refractivity contribution >= 4 is 154 Å². The lowest BCUT2D eigenvalue weighted by Crippen LogP contribution is -2.73. The van der Waals surface area contributed by atoms with Gasteiger partial charge in [-0.1, -0.05) is 89.4 Å². The number of rotatable bonds is 39. The van der Waals surface area contributed by atoms with Gasteiger partial charge in [-0.25, -0.2) is 19.2 Å². The zero-order valence-corrected chi connectivity index (χ0v) is 79.2. The lowest BCUT2D eigenvalue weighted by Gasteiger charge is -2.53. The molecule has 5 aliphatic heterocycles. The summed E-state index contributed by atoms with van der Waals surface area (Å²) >= 11 is 18.1. The van der Waals surface area contributed by atoms with Crippen molar-refractivity contribution in [3.05, 3.63) is 108 Å². The van der Waals surface area contributed by atoms with E-state index in [1.807, 2.05) is 0 Å². The minimum Gasteiger partial charge on any atom is -0.465 e. The Hall–Kier alpha value is -12.4. The third-order valence-electron chi connectivity index (χ3n) is 20.1. The summed E-state index contributed by atoms with van der Waals surface area (Å²) in [6.07, 6.45) is -55.5. The molecule has 0 unspecified atom stereocenters. The van der Waals surface area contributed by atoms with Crippen molar-refractivity contribution in [3.8, 4) is 0 Å². The largest absolute Gasteiger partial charge is 0.465 e. The second-order valence-corrected chi connectivity index (χ2v) is 33.3. The monoisotopic (exact) mass is 2030 g/mol. The van der Waals surface area contributed by atoms with Crippen LogP contribution in [0.3, 0.4) is 0 Å². The number of methoxy groups -OCH3 is 1. The van der Waals surface area contributed by atoms with E-state index in [9.17, 15) is 76.7 Å². The van der Waals surface area contributed by atoms with Gasteiger partial charge in [0.05, 0.1) is 36.3 Å². The lowest BCUT2D eigenvalue weighted by atomic mass is 9.87. The Morgan fingerprint density at radius 1 is 0.381 bits per heavy atom. The van der Waals surface area contributed by atoms with Gasteiger partial charge in [-0.2, -0.15) is 0 Å². The van der Waals surface area contributed by atoms with Gasteiger partial charge >= 0.3 is 101 Å². The zero-order chi connectivity index (χ0) is 103. The van der Waals surface area contributed by atoms with E-state index in [1.54, 1.807) is 0 Å². The van der Waals surface area contributed by atoms with Crippen molar-refractivity contribution in [3.63, 3.8) is 0 Å². The van der Waals surface area contributed by atoms with Crippen LogP contribution in [0.1, 0.15) is 134 Å². The van der Waals surface area contributed by atoms with Gasteiger partial charge in [0.15, 0.2) is 74.3 Å². The maximum Gasteiger partial charge on any atom is 0.366 e. The van der Waals surface area contributed by atoms with Gasteiger partial charge in [0.2, 0.25) is 24.2 Å². The molecule has 3 aromatic carbocycles. The number of amides is 2. The van der Waals surface area contributed by atoms with Crippen molar-refractivity contribution in [2.45, 2.75) is 266 Å². The number of alkyl halides is 3. The van der Waals surface area contributed by atoms with Gasteiger partial charge in [-0.3, -0.25) is 77.3 Å². The van der Waals surface area contributed by atoms with Crippen LogP contribution in [-0.2, 0) is 205 Å². The predicted octanol–water partition coefficient (Wildman–Crippen LogP) is 2.02. The number of halogens is 3. The summed E-state index contributed by atoms with van der Waals surface area (Å²) in [5.41, 5.74) is -0.897. The van der Waals surface area contributed by atoms with Gasteiger partial charge < -0.3 is 139 Å². The Morgan fingerprint density at radius 3 is 1.20 bits per heavy atom. The first-order valence-electron chi connectivity index (χ1n) is 42.2. The second-order valence-electron chi connectivity index (χ2n) is 31.0. The van der Waals surface area contributed by atoms with E-state index in [0.717, 1.165) is 96.9 Å². The van der Waals surface area contributed by atoms with Crippen LogP contribution >= 0.6 is 34.8 Å². The zero-order valence-electron chi connectivity index (χ0n) is 77.0. The fraction of sp³-hybridized carbons (Fsp3) is 0.563. The summed E-state index contributed by atoms with van der Waals surface area (Å²) in [4.78, 5) is 264. The number of hydrogen-bond donors (Lipinski definition) is 3. The van der Waals surface area contributed by atoms with Crippen molar-refractivity contribution < 1.29 is 219 Å². The fourth-order valence-electron chi connectivity index (χ4n) is 14.9. The molecule has 0 bridgehead atoms. The van der Waals surface area contributed by atoms with Crippen LogP contribution in [0, 0.1) is 5.41 Å². The first-order valence-corrected chi connectivity index (χ1v) is 43.3. The minimum atomic E-state index is -3.60. The molecule has 5 heterocycles. The van der Waals surface area contributed by atoms with Crippen molar-refractivity contribution in [2.24, 2.45) is 0 Å². The van der Waals surface area contributed by atoms with E-state index >= 15 is 14.4 Å². The maximum atomic E-state index is 16.0. The standard InChI is InChI=1S/C87H102Cl3N3O46/c1-38(94)92-63-69(64(122-46(9)102)57(33-115-40(3)96)128-80(63)136-72-66(124-48(11)104)58(34-116-41(4)97)129-81(75(72)127-51(14)107)134-67-59(35-117-42(5)98)131-83(137-84(91)87(88,89)90)74(126-50(13)106)71(67)125-49(12)105)135-82-76(133-79(111)54-29-23-18-24-30-54)73(68(132-78(110)53-27-21-17-22-28-53)60(130-82)36-119-77(109)52-25-19-16-20-26-52)139-86(85(112)113-15)31-55(120-44(7)100)62(93-61(108)37-118-43(6)99)70(138-86)65(123-47(10)103)56(121-45(8)101)32-114-39(2)95/h16-30,55-60,62-76,80-83,91H,31-37H2,1-15H3,(H,92,94)(H,93,108)/t55-,56+,57+,58+,59+,60+,62+,63+,64+,65+,66-,67+,68-,69+,70+,71-,72-,73-,74+,75+,76+,80-,81-,82-,83+,86-/m0/s1. The molecule has 8 rings (SSSR count). The number of ether oxygens (including phenoxy) is 27. The van der Waals surface area contributed by atoms with Crippen molar-refractivity contribution in [1.82, 2.24) is 10.6 Å². The fourth-order valence-corrected chi connectivity index (χ4v) is 15.0. The number of esters is 17. The molecule has 3 N–H and O–H groups in total. The summed E-state index contributed by atoms with van der Waals surface area (Å²) < 4.78 is 162. The predicted molar refractivity (Wildman–Crippen MR) is 453 cm³/mol. The quantitative estimate of drug-likeness (QED) is 0.0242. The van der Waals surface area contributed by atoms with Gasteiger partial charge in [0.1, 0.15) is 100 Å². The Bertz CT molecular complexity index is 4910. The average Bonchev–Trinajstić information content (AvgIpc) is 0.734. The topological polar surface area (TPSA) is 621 Å². The normalized spacial score (nSPS) is 27.9. The molecule has 0 radical (unpaired) electrons. The van der Waals surface area contributed by atoms with E-state index in [1.165, 1.54) is 91.0 Å². The summed E-state index contributed by atoms with van der Waals surface area (Å²) in [5.74, 6) is -28.5. The molecule has 49 nitrogen and oxygen atoms in total. The smallest absolute Gasteiger partial charge is 0.366 e. The molecule has 52 heteroatoms. The van der Waals surface area contributed by atoms with E-state index in [2.05, 4.69) is 10.6 Å². The molecule has 0 spiro atoms. The molecule has 0 aromatic heterocycles. The number of nitrogens with one attached hydrogen (secondary N) is 3. The van der Waals surface area contributed by atoms with Gasteiger partial charge in [-0.15, -0.1) is 0 Å². The van der Waals surface area contributed by atoms with Gasteiger partial charge in [-0.05, 0) is 36.4 Å². The SMILES string of the molecule is COC(=O)[C@@]1(O[C@H]2[C@@H](OC(=O)c3ccccc3)[C@@H](COC(=O)c3ccccc3)O[C@@H](O[C@@H]3[C@@H](NC(C)=O)[C@H](O[C@H]4[C@@H](OC(C)=O)[C@@H](COC(C)=O)O[C@@H](O[C@H]5[C@H](OC(C)=O)[C@@H](OC(C)=O)[C@@H](OC(=N)C(Cl)(Cl)Cl)O[C@@H]5COC(C)=O)[C@@H]4OC(C)=O)O[C@H](COC(C)=O)[C@H]3OC(C)=O)[C@@H]2OC(=O)c2ccccc2)C[C@H](OC(C)=O)[C@@H](NC(=O)COC(C)=O)[C@H]([C@H](OC(C)=O)[C@@H](COC(C)=O)OC(C)=O)O1. The summed E-state index contributed by atoms with van der Waals surface area (Å²) in [6.45, 7) is 5.32. The van der Waals surface area contributed by atoms with Crippen LogP contribution in [0.15, 0.2) is 91.0 Å². The highest BCUT2D eigenvalue weighted by atomic mass is 35.6. The number of benzene rings is 3.